The van der Waals surface area contributed by atoms with Crippen molar-refractivity contribution in [2.75, 3.05) is 26.2 Å². The Morgan fingerprint density at radius 2 is 2.43 bits per heavy atom. The van der Waals surface area contributed by atoms with Crippen LogP contribution in [0.15, 0.2) is 23.3 Å². The second-order valence-electron chi connectivity index (χ2n) is 5.32. The normalized spacial score (nSPS) is 19.9. The van der Waals surface area contributed by atoms with Gasteiger partial charge in [-0.15, -0.1) is 0 Å². The zero-order valence-corrected chi connectivity index (χ0v) is 13.3. The molecule has 1 aromatic rings. The summed E-state index contributed by atoms with van der Waals surface area (Å²) in [5, 5.41) is 3.67. The minimum atomic E-state index is 0.518. The molecule has 2 rings (SSSR count). The molecular weight excluding hydrogens is 286 g/mol. The highest BCUT2D eigenvalue weighted by Crippen LogP contribution is 2.16. The Morgan fingerprint density at radius 3 is 3.14 bits per heavy atom. The number of likely N-dealkylation sites (tertiary alicyclic amines) is 1. The van der Waals surface area contributed by atoms with Gasteiger partial charge in [-0.05, 0) is 44.0 Å². The molecule has 1 fully saturated rings. The molecule has 1 aromatic heterocycles. The number of likely N-dealkylation sites (N-methyl/N-ethyl adjacent to an activating group) is 1. The van der Waals surface area contributed by atoms with E-state index < -0.39 is 0 Å². The first-order valence-electron chi connectivity index (χ1n) is 7.57. The van der Waals surface area contributed by atoms with E-state index in [-0.39, 0.29) is 0 Å². The molecule has 0 radical (unpaired) electrons. The average Bonchev–Trinajstić information content (AvgIpc) is 2.95. The lowest BCUT2D eigenvalue weighted by atomic mass is 10.2. The maximum absolute atomic E-state index is 5.91. The molecule has 0 aromatic carbocycles. The summed E-state index contributed by atoms with van der Waals surface area (Å²) in [6, 6.07) is 4.33. The summed E-state index contributed by atoms with van der Waals surface area (Å²) in [7, 11) is 0. The summed E-state index contributed by atoms with van der Waals surface area (Å²) in [5.74, 6) is 0.528. The first-order valence-corrected chi connectivity index (χ1v) is 7.95. The van der Waals surface area contributed by atoms with Crippen molar-refractivity contribution in [3.8, 4) is 0 Å². The van der Waals surface area contributed by atoms with Gasteiger partial charge < -0.3 is 11.1 Å². The number of pyridine rings is 1. The number of halogens is 1. The Bertz CT molecular complexity index is 460. The molecule has 0 amide bonds. The van der Waals surface area contributed by atoms with Crippen molar-refractivity contribution >= 4 is 17.6 Å². The fourth-order valence-electron chi connectivity index (χ4n) is 2.67. The van der Waals surface area contributed by atoms with Crippen LogP contribution < -0.4 is 11.1 Å². The SMILES string of the molecule is CCN1CCCC1CN=C(N)NCCc1ccc(Cl)nc1. The van der Waals surface area contributed by atoms with Gasteiger partial charge in [0.1, 0.15) is 5.15 Å². The maximum atomic E-state index is 5.91. The van der Waals surface area contributed by atoms with E-state index in [4.69, 9.17) is 17.3 Å². The van der Waals surface area contributed by atoms with Gasteiger partial charge >= 0.3 is 0 Å². The van der Waals surface area contributed by atoms with E-state index in [2.05, 4.69) is 27.1 Å². The molecule has 0 bridgehead atoms. The summed E-state index contributed by atoms with van der Waals surface area (Å²) in [6.45, 7) is 6.02. The highest BCUT2D eigenvalue weighted by molar-refractivity contribution is 6.29. The van der Waals surface area contributed by atoms with Crippen LogP contribution in [0.5, 0.6) is 0 Å². The Kier molecular flexibility index (Phi) is 6.26. The van der Waals surface area contributed by atoms with Crippen LogP contribution in [0, 0.1) is 0 Å². The third-order valence-electron chi connectivity index (χ3n) is 3.89. The lowest BCUT2D eigenvalue weighted by molar-refractivity contribution is 0.273. The third kappa shape index (κ3) is 5.17. The summed E-state index contributed by atoms with van der Waals surface area (Å²) in [6.07, 6.45) is 5.13. The van der Waals surface area contributed by atoms with Gasteiger partial charge in [0.05, 0.1) is 6.54 Å². The van der Waals surface area contributed by atoms with E-state index in [0.29, 0.717) is 17.2 Å². The standard InChI is InChI=1S/C15H24ClN5/c1-2-21-9-3-4-13(21)11-20-15(17)18-8-7-12-5-6-14(16)19-10-12/h5-6,10,13H,2-4,7-9,11H2,1H3,(H3,17,18,20). The van der Waals surface area contributed by atoms with Crippen LogP contribution in [-0.2, 0) is 6.42 Å². The largest absolute Gasteiger partial charge is 0.370 e. The smallest absolute Gasteiger partial charge is 0.188 e. The summed E-state index contributed by atoms with van der Waals surface area (Å²) >= 11 is 5.75. The van der Waals surface area contributed by atoms with E-state index in [1.165, 1.54) is 19.4 Å². The second-order valence-corrected chi connectivity index (χ2v) is 5.70. The van der Waals surface area contributed by atoms with Gasteiger partial charge in [-0.2, -0.15) is 0 Å². The molecule has 0 saturated carbocycles. The molecule has 5 nitrogen and oxygen atoms in total. The number of nitrogens with one attached hydrogen (secondary N) is 1. The molecule has 3 N–H and O–H groups in total. The molecule has 1 saturated heterocycles. The highest BCUT2D eigenvalue weighted by Gasteiger charge is 2.22. The molecule has 21 heavy (non-hydrogen) atoms. The first kappa shape index (κ1) is 16.0. The van der Waals surface area contributed by atoms with Crippen molar-refractivity contribution in [1.29, 1.82) is 0 Å². The lowest BCUT2D eigenvalue weighted by Crippen LogP contribution is -2.36. The van der Waals surface area contributed by atoms with Crippen LogP contribution in [0.4, 0.5) is 0 Å². The number of nitrogens with zero attached hydrogens (tertiary/aromatic N) is 3. The minimum Gasteiger partial charge on any atom is -0.370 e. The third-order valence-corrected chi connectivity index (χ3v) is 4.11. The lowest BCUT2D eigenvalue weighted by Gasteiger charge is -2.20. The molecule has 0 aliphatic carbocycles. The van der Waals surface area contributed by atoms with E-state index in [1.807, 2.05) is 6.07 Å². The van der Waals surface area contributed by atoms with Crippen LogP contribution in [0.1, 0.15) is 25.3 Å². The van der Waals surface area contributed by atoms with Crippen LogP contribution in [0.25, 0.3) is 0 Å². The molecule has 6 heteroatoms. The van der Waals surface area contributed by atoms with Crippen molar-refractivity contribution in [3.05, 3.63) is 29.0 Å². The Hall–Kier alpha value is -1.33. The van der Waals surface area contributed by atoms with E-state index in [9.17, 15) is 0 Å². The summed E-state index contributed by atoms with van der Waals surface area (Å²) < 4.78 is 0. The molecule has 1 aliphatic rings. The topological polar surface area (TPSA) is 66.5 Å². The summed E-state index contributed by atoms with van der Waals surface area (Å²) in [4.78, 5) is 11.0. The van der Waals surface area contributed by atoms with Crippen LogP contribution in [0.2, 0.25) is 5.15 Å². The molecule has 2 heterocycles. The number of aliphatic imine (C=N–C) groups is 1. The van der Waals surface area contributed by atoms with Gasteiger partial charge in [0, 0.05) is 18.8 Å². The number of hydrogen-bond donors (Lipinski definition) is 2. The van der Waals surface area contributed by atoms with Gasteiger partial charge in [-0.25, -0.2) is 4.98 Å². The van der Waals surface area contributed by atoms with Crippen molar-refractivity contribution < 1.29 is 0 Å². The first-order chi connectivity index (χ1) is 10.2. The van der Waals surface area contributed by atoms with E-state index in [1.54, 1.807) is 12.3 Å². The minimum absolute atomic E-state index is 0.518. The molecule has 116 valence electrons. The van der Waals surface area contributed by atoms with Crippen LogP contribution >= 0.6 is 11.6 Å². The number of hydrogen-bond acceptors (Lipinski definition) is 3. The fraction of sp³-hybridized carbons (Fsp3) is 0.600. The van der Waals surface area contributed by atoms with Gasteiger partial charge in [0.25, 0.3) is 0 Å². The number of nitrogens with two attached hydrogens (primary N) is 1. The van der Waals surface area contributed by atoms with Gasteiger partial charge in [0.2, 0.25) is 0 Å². The van der Waals surface area contributed by atoms with Crippen molar-refractivity contribution in [3.63, 3.8) is 0 Å². The predicted octanol–water partition coefficient (Wildman–Crippen LogP) is 1.67. The zero-order valence-electron chi connectivity index (χ0n) is 12.6. The molecule has 0 spiro atoms. The highest BCUT2D eigenvalue weighted by atomic mass is 35.5. The van der Waals surface area contributed by atoms with Crippen molar-refractivity contribution in [2.24, 2.45) is 10.7 Å². The predicted molar refractivity (Wildman–Crippen MR) is 87.7 cm³/mol. The molecule has 1 atom stereocenters. The number of aromatic nitrogens is 1. The van der Waals surface area contributed by atoms with Crippen molar-refractivity contribution in [1.82, 2.24) is 15.2 Å². The zero-order chi connectivity index (χ0) is 15.1. The number of rotatable bonds is 6. The molecular formula is C15H24ClN5. The van der Waals surface area contributed by atoms with E-state index in [0.717, 1.165) is 31.6 Å². The fourth-order valence-corrected chi connectivity index (χ4v) is 2.78. The van der Waals surface area contributed by atoms with Crippen LogP contribution in [0.3, 0.4) is 0 Å². The summed E-state index contributed by atoms with van der Waals surface area (Å²) in [5.41, 5.74) is 7.04. The Labute approximate surface area is 131 Å². The molecule has 1 aliphatic heterocycles. The second kappa shape index (κ2) is 8.20. The van der Waals surface area contributed by atoms with Crippen molar-refractivity contribution in [2.45, 2.75) is 32.2 Å². The Balaban J connectivity index is 1.70. The van der Waals surface area contributed by atoms with Gasteiger partial charge in [-0.3, -0.25) is 9.89 Å². The van der Waals surface area contributed by atoms with E-state index >= 15 is 0 Å². The monoisotopic (exact) mass is 309 g/mol. The average molecular weight is 310 g/mol. The van der Waals surface area contributed by atoms with Gasteiger partial charge in [0.15, 0.2) is 5.96 Å². The van der Waals surface area contributed by atoms with Gasteiger partial charge in [-0.1, -0.05) is 24.6 Å². The number of guanidine groups is 1. The molecule has 1 unspecified atom stereocenters. The van der Waals surface area contributed by atoms with Crippen LogP contribution in [-0.4, -0.2) is 48.1 Å². The Morgan fingerprint density at radius 1 is 1.57 bits per heavy atom. The maximum Gasteiger partial charge on any atom is 0.188 e. The quantitative estimate of drug-likeness (QED) is 0.476.